The van der Waals surface area contributed by atoms with Crippen molar-refractivity contribution in [3.05, 3.63) is 16.6 Å². The van der Waals surface area contributed by atoms with Crippen molar-refractivity contribution in [1.29, 1.82) is 0 Å². The molecular weight excluding hydrogens is 266 g/mol. The number of carboxylic acid groups (broad SMARTS) is 1. The number of thiazole rings is 1. The van der Waals surface area contributed by atoms with Crippen LogP contribution in [0.3, 0.4) is 0 Å². The number of nitrogens with one attached hydrogen (secondary N) is 2. The van der Waals surface area contributed by atoms with Crippen molar-refractivity contribution in [2.45, 2.75) is 45.2 Å². The topological polar surface area (TPSA) is 91.3 Å². The van der Waals surface area contributed by atoms with E-state index >= 15 is 0 Å². The van der Waals surface area contributed by atoms with Crippen LogP contribution in [0, 0.1) is 0 Å². The number of rotatable bonds is 7. The molecule has 3 N–H and O–H groups in total. The summed E-state index contributed by atoms with van der Waals surface area (Å²) in [5.74, 6) is -1.01. The monoisotopic (exact) mass is 285 g/mol. The van der Waals surface area contributed by atoms with Crippen LogP contribution in [0.5, 0.6) is 0 Å². The van der Waals surface area contributed by atoms with E-state index in [1.807, 2.05) is 19.2 Å². The molecule has 0 saturated heterocycles. The Morgan fingerprint density at radius 3 is 2.63 bits per heavy atom. The number of carbonyl (C=O) groups excluding carboxylic acids is 1. The number of carboxylic acids is 1. The molecule has 0 saturated carbocycles. The summed E-state index contributed by atoms with van der Waals surface area (Å²) in [7, 11) is 0. The molecule has 1 aromatic heterocycles. The maximum Gasteiger partial charge on any atom is 0.326 e. The van der Waals surface area contributed by atoms with Crippen LogP contribution in [-0.4, -0.2) is 28.1 Å². The third kappa shape index (κ3) is 4.86. The second-order valence-corrected chi connectivity index (χ2v) is 5.05. The Morgan fingerprint density at radius 2 is 2.16 bits per heavy atom. The van der Waals surface area contributed by atoms with E-state index in [2.05, 4.69) is 15.6 Å². The van der Waals surface area contributed by atoms with Crippen molar-refractivity contribution in [1.82, 2.24) is 15.6 Å². The van der Waals surface area contributed by atoms with E-state index in [4.69, 9.17) is 5.11 Å². The summed E-state index contributed by atoms with van der Waals surface area (Å²) in [6, 6.07) is -1.50. The average molecular weight is 285 g/mol. The van der Waals surface area contributed by atoms with Crippen LogP contribution in [0.25, 0.3) is 0 Å². The zero-order valence-corrected chi connectivity index (χ0v) is 11.9. The SMILES string of the molecule is CCC[C@H](NC(=O)NC(CC)c1nccs1)C(=O)O. The molecule has 0 aliphatic rings. The van der Waals surface area contributed by atoms with Gasteiger partial charge < -0.3 is 15.7 Å². The van der Waals surface area contributed by atoms with Crippen LogP contribution >= 0.6 is 11.3 Å². The first-order chi connectivity index (χ1) is 9.08. The molecule has 1 heterocycles. The molecule has 0 aliphatic carbocycles. The normalized spacial score (nSPS) is 13.6. The highest BCUT2D eigenvalue weighted by molar-refractivity contribution is 7.09. The molecular formula is C12H19N3O3S. The fraction of sp³-hybridized carbons (Fsp3) is 0.583. The largest absolute Gasteiger partial charge is 0.480 e. The van der Waals surface area contributed by atoms with Crippen molar-refractivity contribution >= 4 is 23.3 Å². The number of nitrogens with zero attached hydrogens (tertiary/aromatic N) is 1. The van der Waals surface area contributed by atoms with Crippen LogP contribution in [0.15, 0.2) is 11.6 Å². The molecule has 0 spiro atoms. The van der Waals surface area contributed by atoms with Gasteiger partial charge in [-0.25, -0.2) is 14.6 Å². The van der Waals surface area contributed by atoms with Gasteiger partial charge in [-0.1, -0.05) is 20.3 Å². The van der Waals surface area contributed by atoms with Gasteiger partial charge in [0.05, 0.1) is 6.04 Å². The molecule has 1 unspecified atom stereocenters. The fourth-order valence-corrected chi connectivity index (χ4v) is 2.42. The van der Waals surface area contributed by atoms with E-state index in [-0.39, 0.29) is 6.04 Å². The van der Waals surface area contributed by atoms with Crippen LogP contribution < -0.4 is 10.6 Å². The molecule has 106 valence electrons. The minimum Gasteiger partial charge on any atom is -0.480 e. The molecule has 1 aromatic rings. The van der Waals surface area contributed by atoms with E-state index in [1.165, 1.54) is 11.3 Å². The highest BCUT2D eigenvalue weighted by Crippen LogP contribution is 2.18. The predicted molar refractivity (Wildman–Crippen MR) is 73.1 cm³/mol. The lowest BCUT2D eigenvalue weighted by Crippen LogP contribution is -2.46. The van der Waals surface area contributed by atoms with Crippen LogP contribution in [0.2, 0.25) is 0 Å². The summed E-state index contributed by atoms with van der Waals surface area (Å²) < 4.78 is 0. The van der Waals surface area contributed by atoms with Gasteiger partial charge in [0.2, 0.25) is 0 Å². The Labute approximate surface area is 116 Å². The Hall–Kier alpha value is -1.63. The molecule has 1 rings (SSSR count). The quantitative estimate of drug-likeness (QED) is 0.716. The minimum absolute atomic E-state index is 0.184. The standard InChI is InChI=1S/C12H19N3O3S/c1-3-5-9(11(16)17)15-12(18)14-8(4-2)10-13-6-7-19-10/h6-9H,3-5H2,1-2H3,(H,16,17)(H2,14,15,18)/t8?,9-/m0/s1. The van der Waals surface area contributed by atoms with Gasteiger partial charge in [0.15, 0.2) is 0 Å². The van der Waals surface area contributed by atoms with Crippen LogP contribution in [0.4, 0.5) is 4.79 Å². The van der Waals surface area contributed by atoms with E-state index in [9.17, 15) is 9.59 Å². The summed E-state index contributed by atoms with van der Waals surface area (Å²) >= 11 is 1.46. The summed E-state index contributed by atoms with van der Waals surface area (Å²) in [6.07, 6.45) is 3.49. The van der Waals surface area contributed by atoms with E-state index in [0.717, 1.165) is 5.01 Å². The van der Waals surface area contributed by atoms with E-state index < -0.39 is 18.0 Å². The van der Waals surface area contributed by atoms with Crippen LogP contribution in [0.1, 0.15) is 44.2 Å². The first-order valence-electron chi connectivity index (χ1n) is 6.27. The summed E-state index contributed by atoms with van der Waals surface area (Å²) in [6.45, 7) is 3.81. The zero-order chi connectivity index (χ0) is 14.3. The molecule has 0 bridgehead atoms. The number of hydrogen-bond donors (Lipinski definition) is 3. The molecule has 19 heavy (non-hydrogen) atoms. The molecule has 0 aliphatic heterocycles. The number of aliphatic carboxylic acids is 1. The van der Waals surface area contributed by atoms with Gasteiger partial charge in [0, 0.05) is 11.6 Å². The second kappa shape index (κ2) is 7.73. The second-order valence-electron chi connectivity index (χ2n) is 4.13. The van der Waals surface area contributed by atoms with Gasteiger partial charge in [-0.2, -0.15) is 0 Å². The number of amides is 2. The van der Waals surface area contributed by atoms with Gasteiger partial charge in [0.25, 0.3) is 0 Å². The number of hydrogen-bond acceptors (Lipinski definition) is 4. The summed E-state index contributed by atoms with van der Waals surface area (Å²) in [5.41, 5.74) is 0. The van der Waals surface area contributed by atoms with E-state index in [0.29, 0.717) is 19.3 Å². The Balaban J connectivity index is 2.55. The molecule has 7 heteroatoms. The zero-order valence-electron chi connectivity index (χ0n) is 11.0. The molecule has 0 fully saturated rings. The first kappa shape index (κ1) is 15.4. The minimum atomic E-state index is -1.01. The predicted octanol–water partition coefficient (Wildman–Crippen LogP) is 2.15. The van der Waals surface area contributed by atoms with Crippen molar-refractivity contribution in [3.63, 3.8) is 0 Å². The maximum absolute atomic E-state index is 11.8. The average Bonchev–Trinajstić information content (AvgIpc) is 2.89. The Kier molecular flexibility index (Phi) is 6.27. The molecule has 2 amide bonds. The van der Waals surface area contributed by atoms with E-state index in [1.54, 1.807) is 6.20 Å². The molecule has 0 radical (unpaired) electrons. The third-order valence-corrected chi connectivity index (χ3v) is 3.53. The van der Waals surface area contributed by atoms with Gasteiger partial charge >= 0.3 is 12.0 Å². The maximum atomic E-state index is 11.8. The van der Waals surface area contributed by atoms with Gasteiger partial charge in [-0.3, -0.25) is 0 Å². The Morgan fingerprint density at radius 1 is 1.42 bits per heavy atom. The van der Waals surface area contributed by atoms with Crippen molar-refractivity contribution in [3.8, 4) is 0 Å². The first-order valence-corrected chi connectivity index (χ1v) is 7.15. The van der Waals surface area contributed by atoms with Gasteiger partial charge in [0.1, 0.15) is 11.0 Å². The molecule has 0 aromatic carbocycles. The van der Waals surface area contributed by atoms with Crippen molar-refractivity contribution < 1.29 is 14.7 Å². The lowest BCUT2D eigenvalue weighted by molar-refractivity contribution is -0.139. The summed E-state index contributed by atoms with van der Waals surface area (Å²) in [5, 5.41) is 16.9. The molecule has 2 atom stereocenters. The number of aromatic nitrogens is 1. The Bertz CT molecular complexity index is 408. The van der Waals surface area contributed by atoms with Crippen molar-refractivity contribution in [2.24, 2.45) is 0 Å². The van der Waals surface area contributed by atoms with Gasteiger partial charge in [-0.05, 0) is 12.8 Å². The highest BCUT2D eigenvalue weighted by Gasteiger charge is 2.21. The fourth-order valence-electron chi connectivity index (χ4n) is 1.65. The lowest BCUT2D eigenvalue weighted by Gasteiger charge is -2.18. The molecule has 6 nitrogen and oxygen atoms in total. The van der Waals surface area contributed by atoms with Crippen LogP contribution in [-0.2, 0) is 4.79 Å². The number of urea groups is 1. The lowest BCUT2D eigenvalue weighted by atomic mass is 10.2. The smallest absolute Gasteiger partial charge is 0.326 e. The highest BCUT2D eigenvalue weighted by atomic mass is 32.1. The van der Waals surface area contributed by atoms with Crippen molar-refractivity contribution in [2.75, 3.05) is 0 Å². The summed E-state index contributed by atoms with van der Waals surface area (Å²) in [4.78, 5) is 26.9. The number of carbonyl (C=O) groups is 2. The third-order valence-electron chi connectivity index (χ3n) is 2.64. The van der Waals surface area contributed by atoms with Gasteiger partial charge in [-0.15, -0.1) is 11.3 Å².